The molecule has 5 heterocycles. The van der Waals surface area contributed by atoms with Crippen molar-refractivity contribution in [1.29, 1.82) is 0 Å². The molecule has 0 radical (unpaired) electrons. The number of esters is 1. The predicted octanol–water partition coefficient (Wildman–Crippen LogP) is 0.527. The molecule has 0 aromatic rings. The summed E-state index contributed by atoms with van der Waals surface area (Å²) < 4.78 is 38.0. The summed E-state index contributed by atoms with van der Waals surface area (Å²) in [6.07, 6.45) is -1.30. The molecular formula is C47H83N3O17S. The summed E-state index contributed by atoms with van der Waals surface area (Å²) in [5, 5.41) is 102. The number of hydrogen-bond acceptors (Lipinski definition) is 18. The lowest BCUT2D eigenvalue weighted by atomic mass is 9.55. The zero-order valence-corrected chi connectivity index (χ0v) is 43.6. The van der Waals surface area contributed by atoms with Crippen molar-refractivity contribution >= 4 is 29.7 Å². The van der Waals surface area contributed by atoms with E-state index in [2.05, 4.69) is 16.0 Å². The molecule has 5 rings (SSSR count). The number of aliphatic hydroxyl groups excluding tert-OH is 4. The van der Waals surface area contributed by atoms with Gasteiger partial charge in [0.05, 0.1) is 74.4 Å². The summed E-state index contributed by atoms with van der Waals surface area (Å²) in [6.45, 7) is 19.1. The van der Waals surface area contributed by atoms with Crippen LogP contribution in [0.3, 0.4) is 0 Å². The smallest absolute Gasteiger partial charge is 0.315 e. The summed E-state index contributed by atoms with van der Waals surface area (Å²) in [6, 6.07) is -0.0221. The number of ether oxygens (including phenoxy) is 6. The van der Waals surface area contributed by atoms with Crippen molar-refractivity contribution < 1.29 is 83.7 Å². The first-order chi connectivity index (χ1) is 30.7. The Hall–Kier alpha value is -1.96. The molecule has 0 aromatic carbocycles. The van der Waals surface area contributed by atoms with E-state index in [1.165, 1.54) is 62.3 Å². The first-order valence-corrected chi connectivity index (χ1v) is 24.7. The number of rotatable bonds is 17. The first-order valence-electron chi connectivity index (χ1n) is 23.7. The van der Waals surface area contributed by atoms with E-state index >= 15 is 0 Å². The number of carbonyl (C=O) groups excluding carboxylic acids is 3. The molecule has 5 fully saturated rings. The molecule has 21 heteroatoms. The largest absolute Gasteiger partial charge is 0.430 e. The standard InChI is InChI=1S/C47H83N3O17S/c1-27(53)50-44(12)36(4,23-62-26-41(9)46(14,60)47(15,61)45(13,59)39(7,22-52)67-41)32(55)37(5,21-51)66-40(44,8)25-63-24-38(6)35(2,3)65-43(11,33(56)42(38,10)58)64-30(54)19-17-16-18-29-31-28(20-68-29)48-34(57)49-31/h28-29,31-33,51-52,55-56,58-61H,16-26H2,1-15H3,(H,50,53)(H2,48,49,57)/t28-,29?,31-,32+,33?,36+,37?,38+,39?,40+,41-,42+,43-,44?,45-,46?,47+/m0/s1. The van der Waals surface area contributed by atoms with Gasteiger partial charge >= 0.3 is 12.0 Å². The average molecular weight is 994 g/mol. The molecule has 5 aliphatic rings. The average Bonchev–Trinajstić information content (AvgIpc) is 3.77. The van der Waals surface area contributed by atoms with Gasteiger partial charge in [-0.25, -0.2) is 4.79 Å². The Morgan fingerprint density at radius 2 is 1.29 bits per heavy atom. The van der Waals surface area contributed by atoms with E-state index in [1.807, 2.05) is 0 Å². The van der Waals surface area contributed by atoms with Gasteiger partial charge in [0.15, 0.2) is 0 Å². The van der Waals surface area contributed by atoms with Crippen LogP contribution in [0.5, 0.6) is 0 Å². The second-order valence-corrected chi connectivity index (χ2v) is 24.5. The minimum absolute atomic E-state index is 0.0319. The van der Waals surface area contributed by atoms with Crippen molar-refractivity contribution in [2.45, 2.75) is 221 Å². The first kappa shape index (κ1) is 56.9. The van der Waals surface area contributed by atoms with E-state index in [0.29, 0.717) is 12.8 Å². The third-order valence-electron chi connectivity index (χ3n) is 18.1. The van der Waals surface area contributed by atoms with Crippen LogP contribution in [0.1, 0.15) is 130 Å². The van der Waals surface area contributed by atoms with E-state index in [9.17, 15) is 55.2 Å². The van der Waals surface area contributed by atoms with Gasteiger partial charge in [0.2, 0.25) is 11.7 Å². The van der Waals surface area contributed by atoms with E-state index in [0.717, 1.165) is 12.2 Å². The number of carbonyl (C=O) groups is 3. The Labute approximate surface area is 405 Å². The van der Waals surface area contributed by atoms with Crippen molar-refractivity contribution in [3.63, 3.8) is 0 Å². The summed E-state index contributed by atoms with van der Waals surface area (Å²) >= 11 is 1.78. The molecule has 0 spiro atoms. The highest BCUT2D eigenvalue weighted by molar-refractivity contribution is 8.00. The maximum Gasteiger partial charge on any atom is 0.315 e. The summed E-state index contributed by atoms with van der Waals surface area (Å²) in [4.78, 5) is 38.2. The topological polar surface area (TPSA) is 305 Å². The van der Waals surface area contributed by atoms with Crippen LogP contribution < -0.4 is 16.0 Å². The van der Waals surface area contributed by atoms with Crippen molar-refractivity contribution in [3.8, 4) is 0 Å². The molecule has 5 aliphatic heterocycles. The minimum atomic E-state index is -2.26. The number of hydrogen-bond donors (Lipinski definition) is 11. The maximum absolute atomic E-state index is 13.3. The summed E-state index contributed by atoms with van der Waals surface area (Å²) in [5.41, 5.74) is -21.5. The molecule has 20 nitrogen and oxygen atoms in total. The second-order valence-electron chi connectivity index (χ2n) is 23.2. The van der Waals surface area contributed by atoms with Crippen molar-refractivity contribution in [2.75, 3.05) is 45.4 Å². The Kier molecular flexibility index (Phi) is 15.2. The molecule has 3 amide bonds. The van der Waals surface area contributed by atoms with Crippen molar-refractivity contribution in [3.05, 3.63) is 0 Å². The minimum Gasteiger partial charge on any atom is -0.430 e. The van der Waals surface area contributed by atoms with Gasteiger partial charge in [-0.05, 0) is 89.0 Å². The predicted molar refractivity (Wildman–Crippen MR) is 248 cm³/mol. The second kappa shape index (κ2) is 18.2. The number of thioether (sulfide) groups is 1. The molecule has 6 unspecified atom stereocenters. The fraction of sp³-hybridized carbons (Fsp3) is 0.936. The molecule has 0 aromatic heterocycles. The van der Waals surface area contributed by atoms with Crippen LogP contribution in [0.2, 0.25) is 0 Å². The number of nitrogens with one attached hydrogen (secondary N) is 3. The van der Waals surface area contributed by atoms with Gasteiger partial charge in [-0.2, -0.15) is 11.8 Å². The fourth-order valence-corrected chi connectivity index (χ4v) is 13.4. The zero-order chi connectivity index (χ0) is 52.0. The van der Waals surface area contributed by atoms with Crippen molar-refractivity contribution in [2.24, 2.45) is 10.8 Å². The molecular weight excluding hydrogens is 911 g/mol. The number of fused-ring (bicyclic) bond motifs is 1. The Balaban J connectivity index is 1.33. The summed E-state index contributed by atoms with van der Waals surface area (Å²) in [7, 11) is 0. The van der Waals surface area contributed by atoms with Gasteiger partial charge in [0, 0.05) is 36.7 Å². The maximum atomic E-state index is 13.3. The van der Waals surface area contributed by atoms with E-state index in [-0.39, 0.29) is 43.0 Å². The summed E-state index contributed by atoms with van der Waals surface area (Å²) in [5.74, 6) is -2.29. The molecule has 0 saturated carbocycles. The molecule has 11 N–H and O–H groups in total. The number of urea groups is 1. The van der Waals surface area contributed by atoms with E-state index in [1.54, 1.807) is 53.3 Å². The monoisotopic (exact) mass is 994 g/mol. The third kappa shape index (κ3) is 8.60. The number of aliphatic hydroxyl groups is 8. The van der Waals surface area contributed by atoms with Crippen LogP contribution in [0, 0.1) is 10.8 Å². The van der Waals surface area contributed by atoms with Crippen LogP contribution in [0.15, 0.2) is 0 Å². The lowest BCUT2D eigenvalue weighted by Gasteiger charge is -2.66. The van der Waals surface area contributed by atoms with Crippen LogP contribution >= 0.6 is 11.8 Å². The molecule has 0 bridgehead atoms. The highest BCUT2D eigenvalue weighted by Crippen LogP contribution is 2.58. The highest BCUT2D eigenvalue weighted by atomic mass is 32.2. The molecule has 5 saturated heterocycles. The van der Waals surface area contributed by atoms with Crippen LogP contribution in [-0.4, -0.2) is 195 Å². The SMILES string of the molecule is CC(=O)NC1(C)[C@@](C)(COC[C@]2(C)C(C)(C)O[C@](C)(OC(=O)CCCCC3SC[C@@H]4NC(=O)N[C@H]34)C(O)[C@@]2(C)O)OC(C)(CO)[C@H](O)[C@@]1(C)COC[C@]1(C)OC(C)(CO)[C@](C)(O)[C@@](C)(O)C1(C)O. The van der Waals surface area contributed by atoms with Crippen LogP contribution in [0.25, 0.3) is 0 Å². The lowest BCUT2D eigenvalue weighted by molar-refractivity contribution is -0.409. The Morgan fingerprint density at radius 3 is 1.87 bits per heavy atom. The van der Waals surface area contributed by atoms with Gasteiger partial charge in [-0.3, -0.25) is 9.59 Å². The van der Waals surface area contributed by atoms with Crippen LogP contribution in [-0.2, 0) is 38.0 Å². The normalized spacial score (nSPS) is 50.0. The Morgan fingerprint density at radius 1 is 0.721 bits per heavy atom. The van der Waals surface area contributed by atoms with Gasteiger partial charge in [0.1, 0.15) is 50.9 Å². The lowest BCUT2D eigenvalue weighted by Crippen LogP contribution is -2.85. The third-order valence-corrected chi connectivity index (χ3v) is 19.7. The van der Waals surface area contributed by atoms with Gasteiger partial charge in [0.25, 0.3) is 0 Å². The quantitative estimate of drug-likeness (QED) is 0.0538. The van der Waals surface area contributed by atoms with Gasteiger partial charge in [-0.15, -0.1) is 0 Å². The Bertz CT molecular complexity index is 1910. The highest BCUT2D eigenvalue weighted by Gasteiger charge is 2.75. The van der Waals surface area contributed by atoms with E-state index < -0.39 is 123 Å². The molecule has 17 atom stereocenters. The van der Waals surface area contributed by atoms with Crippen LogP contribution in [0.4, 0.5) is 4.79 Å². The van der Waals surface area contributed by atoms with E-state index in [4.69, 9.17) is 28.4 Å². The number of amides is 3. The zero-order valence-electron chi connectivity index (χ0n) is 42.8. The van der Waals surface area contributed by atoms with Gasteiger partial charge < -0.3 is 85.2 Å². The molecule has 394 valence electrons. The molecule has 68 heavy (non-hydrogen) atoms. The fourth-order valence-electron chi connectivity index (χ4n) is 11.9. The van der Waals surface area contributed by atoms with Gasteiger partial charge in [-0.1, -0.05) is 20.3 Å². The van der Waals surface area contributed by atoms with Crippen molar-refractivity contribution in [1.82, 2.24) is 16.0 Å². The molecule has 0 aliphatic carbocycles. The number of unbranched alkanes of at least 4 members (excludes halogenated alkanes) is 1.